The van der Waals surface area contributed by atoms with Crippen LogP contribution in [0.15, 0.2) is 77.6 Å². The molecule has 0 aliphatic carbocycles. The van der Waals surface area contributed by atoms with Crippen LogP contribution in [0.2, 0.25) is 0 Å². The van der Waals surface area contributed by atoms with E-state index in [1.807, 2.05) is 36.4 Å². The third kappa shape index (κ3) is 6.20. The molecule has 35 heavy (non-hydrogen) atoms. The molecule has 0 spiro atoms. The fourth-order valence-corrected chi connectivity index (χ4v) is 3.18. The molecule has 0 aliphatic rings. The highest BCUT2D eigenvalue weighted by Crippen LogP contribution is 2.18. The van der Waals surface area contributed by atoms with E-state index in [0.29, 0.717) is 22.4 Å². The van der Waals surface area contributed by atoms with Crippen LogP contribution in [0.1, 0.15) is 21.7 Å². The number of fused-ring (bicyclic) bond motifs is 1. The predicted octanol–water partition coefficient (Wildman–Crippen LogP) is 3.97. The maximum atomic E-state index is 13.3. The number of carboxylic acid groups (broad SMARTS) is 1. The summed E-state index contributed by atoms with van der Waals surface area (Å²) in [6.45, 7) is 0. The molecule has 8 nitrogen and oxygen atoms in total. The van der Waals surface area contributed by atoms with Gasteiger partial charge < -0.3 is 14.7 Å². The largest absolute Gasteiger partial charge is 0.497 e. The van der Waals surface area contributed by atoms with Crippen LogP contribution in [0, 0.1) is 0 Å². The van der Waals surface area contributed by atoms with Crippen molar-refractivity contribution in [1.29, 1.82) is 0 Å². The Hall–Kier alpha value is -4.72. The number of aromatic nitrogens is 2. The van der Waals surface area contributed by atoms with Gasteiger partial charge in [0.2, 0.25) is 6.41 Å². The highest BCUT2D eigenvalue weighted by molar-refractivity contribution is 5.88. The van der Waals surface area contributed by atoms with Gasteiger partial charge in [0.05, 0.1) is 29.3 Å². The number of aromatic carboxylic acids is 1. The SMILES string of the molecule is CN(C)C=O.COc1ccc(/C=C/c2nc3ccccc3c(=O)n2-c2cccc(C(=O)O)c2)cc1. The third-order valence-corrected chi connectivity index (χ3v) is 4.90. The number of carboxylic acids is 1. The smallest absolute Gasteiger partial charge is 0.335 e. The van der Waals surface area contributed by atoms with Crippen LogP contribution < -0.4 is 10.3 Å². The average molecular weight is 472 g/mol. The highest BCUT2D eigenvalue weighted by Gasteiger charge is 2.12. The minimum Gasteiger partial charge on any atom is -0.497 e. The molecular formula is C27H25N3O5. The second-order valence-electron chi connectivity index (χ2n) is 7.66. The predicted molar refractivity (Wildman–Crippen MR) is 136 cm³/mol. The van der Waals surface area contributed by atoms with Crippen LogP contribution in [0.3, 0.4) is 0 Å². The van der Waals surface area contributed by atoms with Gasteiger partial charge in [0, 0.05) is 14.1 Å². The van der Waals surface area contributed by atoms with Crippen molar-refractivity contribution in [1.82, 2.24) is 14.5 Å². The number of ether oxygens (including phenoxy) is 1. The molecule has 0 unspecified atom stereocenters. The Morgan fingerprint density at radius 1 is 1.00 bits per heavy atom. The monoisotopic (exact) mass is 471 g/mol. The number of rotatable bonds is 6. The van der Waals surface area contributed by atoms with Gasteiger partial charge >= 0.3 is 5.97 Å². The molecule has 0 saturated carbocycles. The third-order valence-electron chi connectivity index (χ3n) is 4.90. The summed E-state index contributed by atoms with van der Waals surface area (Å²) in [5.74, 6) is 0.0874. The lowest BCUT2D eigenvalue weighted by atomic mass is 10.1. The number of methoxy groups -OCH3 is 1. The van der Waals surface area contributed by atoms with Crippen molar-refractivity contribution < 1.29 is 19.4 Å². The Bertz CT molecular complexity index is 1420. The summed E-state index contributed by atoms with van der Waals surface area (Å²) >= 11 is 0. The molecule has 1 N–H and O–H groups in total. The van der Waals surface area contributed by atoms with Crippen molar-refractivity contribution in [2.75, 3.05) is 21.2 Å². The van der Waals surface area contributed by atoms with Crippen LogP contribution in [0.25, 0.3) is 28.7 Å². The van der Waals surface area contributed by atoms with Crippen LogP contribution in [-0.2, 0) is 4.79 Å². The average Bonchev–Trinajstić information content (AvgIpc) is 2.88. The Balaban J connectivity index is 0.000000623. The fraction of sp³-hybridized carbons (Fsp3) is 0.111. The van der Waals surface area contributed by atoms with Gasteiger partial charge in [-0.3, -0.25) is 14.2 Å². The Kier molecular flexibility index (Phi) is 8.13. The minimum absolute atomic E-state index is 0.0950. The first-order chi connectivity index (χ1) is 16.8. The van der Waals surface area contributed by atoms with Crippen molar-refractivity contribution in [2.45, 2.75) is 0 Å². The number of nitrogens with zero attached hydrogens (tertiary/aromatic N) is 3. The number of benzene rings is 3. The van der Waals surface area contributed by atoms with Gasteiger partial charge in [-0.1, -0.05) is 36.4 Å². The molecule has 0 saturated heterocycles. The highest BCUT2D eigenvalue weighted by atomic mass is 16.5. The van der Waals surface area contributed by atoms with Gasteiger partial charge in [0.25, 0.3) is 5.56 Å². The molecule has 3 aromatic carbocycles. The Labute approximate surface area is 202 Å². The lowest BCUT2D eigenvalue weighted by molar-refractivity contribution is -0.115. The van der Waals surface area contributed by atoms with Crippen molar-refractivity contribution in [3.8, 4) is 11.4 Å². The summed E-state index contributed by atoms with van der Waals surface area (Å²) in [7, 11) is 4.98. The maximum absolute atomic E-state index is 13.3. The minimum atomic E-state index is -1.06. The molecule has 178 valence electrons. The van der Waals surface area contributed by atoms with E-state index in [4.69, 9.17) is 4.74 Å². The number of carbonyl (C=O) groups is 2. The number of hydrogen-bond acceptors (Lipinski definition) is 5. The molecule has 0 atom stereocenters. The van der Waals surface area contributed by atoms with Gasteiger partial charge in [0.1, 0.15) is 11.6 Å². The zero-order chi connectivity index (χ0) is 25.4. The van der Waals surface area contributed by atoms with E-state index in [9.17, 15) is 19.5 Å². The summed E-state index contributed by atoms with van der Waals surface area (Å²) in [6, 6.07) is 20.8. The van der Waals surface area contributed by atoms with E-state index in [-0.39, 0.29) is 11.1 Å². The lowest BCUT2D eigenvalue weighted by Gasteiger charge is -2.12. The van der Waals surface area contributed by atoms with Crippen LogP contribution in [0.5, 0.6) is 5.75 Å². The van der Waals surface area contributed by atoms with Gasteiger partial charge in [0.15, 0.2) is 0 Å². The molecule has 4 aromatic rings. The summed E-state index contributed by atoms with van der Waals surface area (Å²) in [4.78, 5) is 40.2. The van der Waals surface area contributed by atoms with E-state index in [1.165, 1.54) is 21.6 Å². The molecule has 0 radical (unpaired) electrons. The van der Waals surface area contributed by atoms with Crippen molar-refractivity contribution in [3.05, 3.63) is 100 Å². The molecule has 0 fully saturated rings. The number of para-hydroxylation sites is 1. The Morgan fingerprint density at radius 3 is 2.31 bits per heavy atom. The summed E-state index contributed by atoms with van der Waals surface area (Å²) in [5, 5.41) is 9.79. The fourth-order valence-electron chi connectivity index (χ4n) is 3.18. The lowest BCUT2D eigenvalue weighted by Crippen LogP contribution is -2.22. The topological polar surface area (TPSA) is 102 Å². The van der Waals surface area contributed by atoms with Gasteiger partial charge in [-0.05, 0) is 54.1 Å². The molecule has 4 rings (SSSR count). The van der Waals surface area contributed by atoms with Crippen molar-refractivity contribution in [2.24, 2.45) is 0 Å². The van der Waals surface area contributed by atoms with E-state index in [1.54, 1.807) is 57.6 Å². The first-order valence-electron chi connectivity index (χ1n) is 10.6. The van der Waals surface area contributed by atoms with Gasteiger partial charge in [-0.2, -0.15) is 0 Å². The quantitative estimate of drug-likeness (QED) is 0.427. The molecule has 1 amide bonds. The zero-order valence-corrected chi connectivity index (χ0v) is 19.6. The molecule has 8 heteroatoms. The van der Waals surface area contributed by atoms with Crippen molar-refractivity contribution in [3.63, 3.8) is 0 Å². The molecule has 0 aliphatic heterocycles. The molecule has 1 heterocycles. The number of amides is 1. The van der Waals surface area contributed by atoms with E-state index in [2.05, 4.69) is 4.98 Å². The maximum Gasteiger partial charge on any atom is 0.335 e. The summed E-state index contributed by atoms with van der Waals surface area (Å²) < 4.78 is 6.60. The molecular weight excluding hydrogens is 446 g/mol. The summed E-state index contributed by atoms with van der Waals surface area (Å²) in [5.41, 5.74) is 1.74. The molecule has 1 aromatic heterocycles. The molecule has 0 bridgehead atoms. The van der Waals surface area contributed by atoms with Crippen LogP contribution in [0.4, 0.5) is 0 Å². The number of hydrogen-bond donors (Lipinski definition) is 1. The van der Waals surface area contributed by atoms with Gasteiger partial charge in [-0.15, -0.1) is 0 Å². The summed E-state index contributed by atoms with van der Waals surface area (Å²) in [6.07, 6.45) is 4.33. The van der Waals surface area contributed by atoms with Crippen LogP contribution >= 0.6 is 0 Å². The zero-order valence-electron chi connectivity index (χ0n) is 19.6. The standard InChI is InChI=1S/C24H18N2O4.C3H7NO/c1-30-19-12-9-16(10-13-19)11-14-22-25-21-8-3-2-7-20(21)23(27)26(22)18-6-4-5-17(15-18)24(28)29;1-4(2)3-5/h2-15H,1H3,(H,28,29);3H,1-2H3/b14-11+;. The van der Waals surface area contributed by atoms with Crippen molar-refractivity contribution >= 4 is 35.4 Å². The number of carbonyl (C=O) groups excluding carboxylic acids is 1. The first-order valence-corrected chi connectivity index (χ1v) is 10.6. The van der Waals surface area contributed by atoms with Crippen LogP contribution in [-0.4, -0.2) is 53.1 Å². The van der Waals surface area contributed by atoms with E-state index in [0.717, 1.165) is 17.7 Å². The van der Waals surface area contributed by atoms with E-state index >= 15 is 0 Å². The first kappa shape index (κ1) is 24.9. The van der Waals surface area contributed by atoms with E-state index < -0.39 is 5.97 Å². The second-order valence-corrected chi connectivity index (χ2v) is 7.66. The van der Waals surface area contributed by atoms with Gasteiger partial charge in [-0.25, -0.2) is 9.78 Å². The normalized spacial score (nSPS) is 10.5. The Morgan fingerprint density at radius 2 is 1.69 bits per heavy atom. The second kappa shape index (κ2) is 11.4.